The van der Waals surface area contributed by atoms with Crippen molar-refractivity contribution in [3.05, 3.63) is 82.2 Å². The van der Waals surface area contributed by atoms with Gasteiger partial charge in [-0.05, 0) is 30.3 Å². The maximum Gasteiger partial charge on any atom is 0.263 e. The van der Waals surface area contributed by atoms with Crippen LogP contribution in [0.5, 0.6) is 0 Å². The number of benzene rings is 2. The number of piperazine rings is 1. The second kappa shape index (κ2) is 11.4. The van der Waals surface area contributed by atoms with Crippen molar-refractivity contribution < 1.29 is 23.9 Å². The van der Waals surface area contributed by atoms with Gasteiger partial charge in [0.05, 0.1) is 40.7 Å². The highest BCUT2D eigenvalue weighted by atomic mass is 35.5. The van der Waals surface area contributed by atoms with Crippen molar-refractivity contribution in [2.24, 2.45) is 0 Å². The third-order valence-corrected chi connectivity index (χ3v) is 7.63. The molecule has 2 N–H and O–H groups in total. The number of anilines is 2. The molecule has 1 aliphatic carbocycles. The lowest BCUT2D eigenvalue weighted by molar-refractivity contribution is -0.112. The summed E-state index contributed by atoms with van der Waals surface area (Å²) in [4.78, 5) is 44.6. The van der Waals surface area contributed by atoms with E-state index in [1.54, 1.807) is 36.4 Å². The largest absolute Gasteiger partial charge is 0.390 e. The number of nitrogens with zero attached hydrogens (tertiary/aromatic N) is 3. The number of para-hydroxylation sites is 1. The smallest absolute Gasteiger partial charge is 0.263 e. The maximum absolute atomic E-state index is 14.1. The second-order valence-electron chi connectivity index (χ2n) is 9.57. The number of halogens is 2. The third kappa shape index (κ3) is 5.65. The van der Waals surface area contributed by atoms with Gasteiger partial charge in [0, 0.05) is 49.0 Å². The van der Waals surface area contributed by atoms with Crippen molar-refractivity contribution in [1.29, 1.82) is 0 Å². The molecule has 1 fully saturated rings. The van der Waals surface area contributed by atoms with E-state index in [1.807, 2.05) is 9.80 Å². The van der Waals surface area contributed by atoms with Crippen LogP contribution >= 0.6 is 23.8 Å². The molecule has 11 heteroatoms. The van der Waals surface area contributed by atoms with Crippen molar-refractivity contribution in [3.63, 3.8) is 0 Å². The zero-order valence-corrected chi connectivity index (χ0v) is 22.5. The van der Waals surface area contributed by atoms with Gasteiger partial charge >= 0.3 is 0 Å². The van der Waals surface area contributed by atoms with Crippen LogP contribution < -0.4 is 10.2 Å². The number of fused-ring (bicyclic) bond motifs is 1. The minimum atomic E-state index is -0.982. The topological polar surface area (TPSA) is 93.2 Å². The summed E-state index contributed by atoms with van der Waals surface area (Å²) in [6, 6.07) is 11.3. The van der Waals surface area contributed by atoms with Crippen molar-refractivity contribution >= 4 is 57.8 Å². The first-order valence-corrected chi connectivity index (χ1v) is 13.3. The first-order valence-electron chi connectivity index (χ1n) is 12.5. The van der Waals surface area contributed by atoms with E-state index in [0.29, 0.717) is 48.2 Å². The van der Waals surface area contributed by atoms with E-state index in [1.165, 1.54) is 18.2 Å². The summed E-state index contributed by atoms with van der Waals surface area (Å²) in [5, 5.41) is 13.9. The number of thiocarbonyl (C=S) groups is 1. The van der Waals surface area contributed by atoms with Crippen molar-refractivity contribution in [3.8, 4) is 0 Å². The Balaban J connectivity index is 1.21. The predicted molar refractivity (Wildman–Crippen MR) is 151 cm³/mol. The molecule has 0 spiro atoms. The van der Waals surface area contributed by atoms with Crippen LogP contribution in [0, 0.1) is 5.82 Å². The van der Waals surface area contributed by atoms with Gasteiger partial charge in [-0.2, -0.15) is 0 Å². The Hall–Kier alpha value is -3.44. The highest BCUT2D eigenvalue weighted by molar-refractivity contribution is 7.81. The molecule has 2 aromatic rings. The molecule has 2 aromatic carbocycles. The second-order valence-corrected chi connectivity index (χ2v) is 10.5. The molecule has 0 aromatic heterocycles. The molecule has 3 aliphatic rings. The molecular weight excluding hydrogens is 543 g/mol. The highest BCUT2D eigenvalue weighted by Crippen LogP contribution is 2.31. The molecule has 39 heavy (non-hydrogen) atoms. The van der Waals surface area contributed by atoms with Crippen LogP contribution in [0.2, 0.25) is 0 Å². The van der Waals surface area contributed by atoms with E-state index in [2.05, 4.69) is 5.32 Å². The molecule has 202 valence electrons. The van der Waals surface area contributed by atoms with Crippen LogP contribution in [0.15, 0.2) is 65.2 Å². The van der Waals surface area contributed by atoms with E-state index in [0.717, 1.165) is 4.90 Å². The van der Waals surface area contributed by atoms with Gasteiger partial charge in [-0.1, -0.05) is 48.1 Å². The maximum atomic E-state index is 14.1. The molecule has 0 bridgehead atoms. The molecule has 1 atom stereocenters. The first-order chi connectivity index (χ1) is 18.7. The number of amides is 3. The summed E-state index contributed by atoms with van der Waals surface area (Å²) in [5.41, 5.74) is 1.20. The van der Waals surface area contributed by atoms with E-state index >= 15 is 0 Å². The van der Waals surface area contributed by atoms with Gasteiger partial charge in [0.15, 0.2) is 0 Å². The summed E-state index contributed by atoms with van der Waals surface area (Å²) >= 11 is 11.3. The van der Waals surface area contributed by atoms with E-state index in [4.69, 9.17) is 23.8 Å². The third-order valence-electron chi connectivity index (χ3n) is 6.98. The number of imide groups is 1. The minimum absolute atomic E-state index is 0.0746. The van der Waals surface area contributed by atoms with Crippen LogP contribution in [0.25, 0.3) is 0 Å². The van der Waals surface area contributed by atoms with Crippen LogP contribution in [-0.4, -0.2) is 82.9 Å². The molecular formula is C28H26ClFN4O4S. The Morgan fingerprint density at radius 2 is 1.79 bits per heavy atom. The van der Waals surface area contributed by atoms with Gasteiger partial charge in [0.25, 0.3) is 17.7 Å². The molecule has 3 amide bonds. The monoisotopic (exact) mass is 568 g/mol. The first kappa shape index (κ1) is 27.1. The van der Waals surface area contributed by atoms with Crippen molar-refractivity contribution in [2.45, 2.75) is 12.5 Å². The molecule has 2 heterocycles. The fourth-order valence-corrected chi connectivity index (χ4v) is 5.43. The van der Waals surface area contributed by atoms with Gasteiger partial charge < -0.3 is 15.3 Å². The number of aliphatic hydroxyl groups is 1. The Kier molecular flexibility index (Phi) is 7.90. The molecule has 5 rings (SSSR count). The Morgan fingerprint density at radius 1 is 1.05 bits per heavy atom. The summed E-state index contributed by atoms with van der Waals surface area (Å²) in [6.45, 7) is 2.43. The molecule has 1 saturated heterocycles. The Morgan fingerprint density at radius 3 is 2.54 bits per heavy atom. The summed E-state index contributed by atoms with van der Waals surface area (Å²) in [7, 11) is 0. The normalized spacial score (nSPS) is 18.6. The van der Waals surface area contributed by atoms with Gasteiger partial charge in [-0.15, -0.1) is 0 Å². The molecule has 0 saturated carbocycles. The number of allylic oxidation sites excluding steroid dienone is 3. The molecule has 1 unspecified atom stereocenters. The standard InChI is InChI=1S/C28H26ClFN4O4S/c29-17-8-9-24(39)20(14-17)26(36)31-22-6-3-4-19-25(22)28(38)34(27(19)37)16-18(35)15-32-10-12-33(13-11-32)23-7-2-1-5-21(23)30/h1-8,14,18,35H,9-13,15-16H2,(H,31,36). The van der Waals surface area contributed by atoms with E-state index in [9.17, 15) is 23.9 Å². The quantitative estimate of drug-likeness (QED) is 0.391. The number of hydrogen-bond donors (Lipinski definition) is 2. The fraction of sp³-hybridized carbons (Fsp3) is 0.286. The van der Waals surface area contributed by atoms with Crippen LogP contribution in [-0.2, 0) is 4.79 Å². The number of nitrogens with one attached hydrogen (secondary N) is 1. The fourth-order valence-electron chi connectivity index (χ4n) is 5.01. The summed E-state index contributed by atoms with van der Waals surface area (Å²) in [5.74, 6) is -1.92. The zero-order valence-electron chi connectivity index (χ0n) is 20.9. The number of rotatable bonds is 7. The Labute approximate surface area is 235 Å². The number of β-amino-alcohol motifs (C(OH)–C–C–N with tert-alkyl or cyclic N) is 1. The van der Waals surface area contributed by atoms with E-state index in [-0.39, 0.29) is 41.3 Å². The highest BCUT2D eigenvalue weighted by Gasteiger charge is 2.39. The van der Waals surface area contributed by atoms with Crippen molar-refractivity contribution in [2.75, 3.05) is 49.5 Å². The lowest BCUT2D eigenvalue weighted by atomic mass is 10.0. The zero-order chi connectivity index (χ0) is 27.7. The SMILES string of the molecule is O=C(Nc1cccc2c1C(=O)N(CC(O)CN1CCN(c3ccccc3F)CC1)C2=O)C1=CC(Cl)=CCC1=S. The van der Waals surface area contributed by atoms with Gasteiger partial charge in [-0.25, -0.2) is 4.39 Å². The number of aliphatic hydroxyl groups excluding tert-OH is 1. The average Bonchev–Trinajstić information content (AvgIpc) is 3.16. The lowest BCUT2D eigenvalue weighted by Gasteiger charge is -2.37. The lowest BCUT2D eigenvalue weighted by Crippen LogP contribution is -2.50. The molecule has 8 nitrogen and oxygen atoms in total. The molecule has 2 aliphatic heterocycles. The molecule has 0 radical (unpaired) electrons. The van der Waals surface area contributed by atoms with Gasteiger partial charge in [0.2, 0.25) is 0 Å². The Bertz CT molecular complexity index is 1420. The van der Waals surface area contributed by atoms with Crippen LogP contribution in [0.3, 0.4) is 0 Å². The number of carbonyl (C=O) groups excluding carboxylic acids is 3. The minimum Gasteiger partial charge on any atom is -0.390 e. The van der Waals surface area contributed by atoms with Gasteiger partial charge in [0.1, 0.15) is 5.82 Å². The van der Waals surface area contributed by atoms with Crippen molar-refractivity contribution in [1.82, 2.24) is 9.80 Å². The van der Waals surface area contributed by atoms with Crippen LogP contribution in [0.4, 0.5) is 15.8 Å². The van der Waals surface area contributed by atoms with E-state index < -0.39 is 23.8 Å². The van der Waals surface area contributed by atoms with Crippen LogP contribution in [0.1, 0.15) is 27.1 Å². The average molecular weight is 569 g/mol. The number of carbonyl (C=O) groups is 3. The van der Waals surface area contributed by atoms with Gasteiger partial charge in [-0.3, -0.25) is 24.2 Å². The summed E-state index contributed by atoms with van der Waals surface area (Å²) in [6.07, 6.45) is 2.55. The predicted octanol–water partition coefficient (Wildman–Crippen LogP) is 3.37. The number of hydrogen-bond acceptors (Lipinski definition) is 7. The summed E-state index contributed by atoms with van der Waals surface area (Å²) < 4.78 is 14.1.